The highest BCUT2D eigenvalue weighted by molar-refractivity contribution is 5.39. The van der Waals surface area contributed by atoms with Crippen LogP contribution < -0.4 is 4.90 Å². The minimum absolute atomic E-state index is 0.136. The van der Waals surface area contributed by atoms with Gasteiger partial charge < -0.3 is 4.90 Å². The average Bonchev–Trinajstić information content (AvgIpc) is 3.03. The van der Waals surface area contributed by atoms with Crippen LogP contribution in [0.5, 0.6) is 0 Å². The molecular formula is C17H21N5O2. The lowest BCUT2D eigenvalue weighted by Gasteiger charge is -2.26. The van der Waals surface area contributed by atoms with E-state index in [2.05, 4.69) is 26.8 Å². The molecule has 0 N–H and O–H groups in total. The van der Waals surface area contributed by atoms with Gasteiger partial charge in [0.1, 0.15) is 12.1 Å². The van der Waals surface area contributed by atoms with Crippen LogP contribution >= 0.6 is 0 Å². The van der Waals surface area contributed by atoms with Crippen molar-refractivity contribution in [2.75, 3.05) is 25.0 Å². The van der Waals surface area contributed by atoms with Crippen molar-refractivity contribution >= 4 is 11.5 Å². The number of hydrogen-bond acceptors (Lipinski definition) is 6. The minimum Gasteiger partial charge on any atom is -0.355 e. The van der Waals surface area contributed by atoms with E-state index in [1.165, 1.54) is 0 Å². The smallest absolute Gasteiger partial charge is 0.269 e. The molecule has 0 aliphatic carbocycles. The van der Waals surface area contributed by atoms with Crippen LogP contribution in [0.3, 0.4) is 0 Å². The molecule has 1 fully saturated rings. The summed E-state index contributed by atoms with van der Waals surface area (Å²) in [7, 11) is 2.07. The summed E-state index contributed by atoms with van der Waals surface area (Å²) in [6, 6.07) is 9.22. The summed E-state index contributed by atoms with van der Waals surface area (Å²) in [5.74, 6) is 0.949. The molecule has 2 heterocycles. The monoisotopic (exact) mass is 327 g/mol. The molecule has 7 nitrogen and oxygen atoms in total. The van der Waals surface area contributed by atoms with Crippen molar-refractivity contribution in [1.29, 1.82) is 0 Å². The second-order valence-corrected chi connectivity index (χ2v) is 6.23. The molecule has 1 aromatic carbocycles. The topological polar surface area (TPSA) is 75.4 Å². The van der Waals surface area contributed by atoms with Gasteiger partial charge in [0.2, 0.25) is 0 Å². The first-order valence-electron chi connectivity index (χ1n) is 8.00. The number of rotatable bonds is 5. The van der Waals surface area contributed by atoms with E-state index < -0.39 is 0 Å². The van der Waals surface area contributed by atoms with Gasteiger partial charge in [-0.25, -0.2) is 9.97 Å². The van der Waals surface area contributed by atoms with Crippen LogP contribution in [0.2, 0.25) is 0 Å². The van der Waals surface area contributed by atoms with E-state index in [4.69, 9.17) is 0 Å². The van der Waals surface area contributed by atoms with E-state index in [1.807, 2.05) is 25.1 Å². The summed E-state index contributed by atoms with van der Waals surface area (Å²) in [4.78, 5) is 23.4. The first kappa shape index (κ1) is 16.3. The maximum atomic E-state index is 10.7. The van der Waals surface area contributed by atoms with E-state index in [1.54, 1.807) is 18.5 Å². The third kappa shape index (κ3) is 3.68. The molecule has 2 aromatic rings. The summed E-state index contributed by atoms with van der Waals surface area (Å²) in [5.41, 5.74) is 2.20. The molecule has 24 heavy (non-hydrogen) atoms. The lowest BCUT2D eigenvalue weighted by molar-refractivity contribution is -0.384. The molecule has 0 bridgehead atoms. The van der Waals surface area contributed by atoms with Gasteiger partial charge in [0.25, 0.3) is 5.69 Å². The predicted octanol–water partition coefficient (Wildman–Crippen LogP) is 2.40. The van der Waals surface area contributed by atoms with Crippen LogP contribution in [0.1, 0.15) is 17.7 Å². The van der Waals surface area contributed by atoms with Crippen LogP contribution in [-0.4, -0.2) is 46.0 Å². The molecule has 0 radical (unpaired) electrons. The Morgan fingerprint density at radius 3 is 2.75 bits per heavy atom. The highest BCUT2D eigenvalue weighted by atomic mass is 16.6. The molecule has 0 spiro atoms. The molecule has 1 aliphatic heterocycles. The van der Waals surface area contributed by atoms with Crippen LogP contribution in [0.4, 0.5) is 11.5 Å². The molecule has 3 rings (SSSR count). The fourth-order valence-corrected chi connectivity index (χ4v) is 3.07. The quantitative estimate of drug-likeness (QED) is 0.620. The number of likely N-dealkylation sites (tertiary alicyclic amines) is 1. The number of hydrogen-bond donors (Lipinski definition) is 0. The average molecular weight is 327 g/mol. The Bertz CT molecular complexity index is 719. The van der Waals surface area contributed by atoms with Crippen molar-refractivity contribution in [3.05, 3.63) is 58.0 Å². The Hall–Kier alpha value is -2.54. The van der Waals surface area contributed by atoms with Crippen molar-refractivity contribution < 1.29 is 4.92 Å². The van der Waals surface area contributed by atoms with Gasteiger partial charge in [0.05, 0.1) is 4.92 Å². The van der Waals surface area contributed by atoms with Crippen molar-refractivity contribution in [1.82, 2.24) is 14.9 Å². The highest BCUT2D eigenvalue weighted by Gasteiger charge is 2.26. The summed E-state index contributed by atoms with van der Waals surface area (Å²) >= 11 is 0. The van der Waals surface area contributed by atoms with Crippen molar-refractivity contribution in [3.8, 4) is 0 Å². The number of nitro benzene ring substituents is 1. The van der Waals surface area contributed by atoms with Gasteiger partial charge in [0, 0.05) is 56.6 Å². The molecule has 1 saturated heterocycles. The number of nitrogens with zero attached hydrogens (tertiary/aromatic N) is 5. The maximum absolute atomic E-state index is 10.7. The minimum atomic E-state index is -0.367. The van der Waals surface area contributed by atoms with Crippen molar-refractivity contribution in [3.63, 3.8) is 0 Å². The number of anilines is 1. The number of benzene rings is 1. The van der Waals surface area contributed by atoms with Crippen LogP contribution in [-0.2, 0) is 6.54 Å². The lowest BCUT2D eigenvalue weighted by atomic mass is 10.2. The van der Waals surface area contributed by atoms with E-state index in [0.717, 1.165) is 43.1 Å². The van der Waals surface area contributed by atoms with Crippen LogP contribution in [0.25, 0.3) is 0 Å². The van der Waals surface area contributed by atoms with E-state index in [9.17, 15) is 10.1 Å². The summed E-state index contributed by atoms with van der Waals surface area (Å²) in [6.07, 6.45) is 2.68. The molecule has 1 atom stereocenters. The zero-order valence-corrected chi connectivity index (χ0v) is 13.9. The molecule has 1 aromatic heterocycles. The standard InChI is InChI=1S/C17H21N5O2/c1-13-9-17(19-12-18-13)20(2)16-7-8-21(11-16)10-14-3-5-15(6-4-14)22(23)24/h3-6,9,12,16H,7-8,10-11H2,1-2H3. The Kier molecular flexibility index (Phi) is 4.71. The van der Waals surface area contributed by atoms with Gasteiger partial charge in [-0.2, -0.15) is 0 Å². The summed E-state index contributed by atoms with van der Waals surface area (Å²) in [6.45, 7) is 4.74. The Morgan fingerprint density at radius 2 is 2.08 bits per heavy atom. The number of aryl methyl sites for hydroxylation is 1. The maximum Gasteiger partial charge on any atom is 0.269 e. The van der Waals surface area contributed by atoms with Gasteiger partial charge in [0.15, 0.2) is 0 Å². The summed E-state index contributed by atoms with van der Waals surface area (Å²) < 4.78 is 0. The second kappa shape index (κ2) is 6.92. The van der Waals surface area contributed by atoms with Gasteiger partial charge in [-0.05, 0) is 18.9 Å². The fraction of sp³-hybridized carbons (Fsp3) is 0.412. The van der Waals surface area contributed by atoms with E-state index >= 15 is 0 Å². The van der Waals surface area contributed by atoms with Gasteiger partial charge in [-0.3, -0.25) is 15.0 Å². The van der Waals surface area contributed by atoms with E-state index in [0.29, 0.717) is 6.04 Å². The molecule has 0 amide bonds. The zero-order valence-electron chi connectivity index (χ0n) is 13.9. The Morgan fingerprint density at radius 1 is 1.33 bits per heavy atom. The number of nitro groups is 1. The molecule has 1 aliphatic rings. The Labute approximate surface area is 141 Å². The first-order valence-corrected chi connectivity index (χ1v) is 8.00. The van der Waals surface area contributed by atoms with Crippen molar-refractivity contribution in [2.24, 2.45) is 0 Å². The molecule has 0 saturated carbocycles. The predicted molar refractivity (Wildman–Crippen MR) is 92.0 cm³/mol. The van der Waals surface area contributed by atoms with Crippen LogP contribution in [0.15, 0.2) is 36.7 Å². The van der Waals surface area contributed by atoms with Gasteiger partial charge in [-0.1, -0.05) is 12.1 Å². The van der Waals surface area contributed by atoms with Gasteiger partial charge >= 0.3 is 0 Å². The fourth-order valence-electron chi connectivity index (χ4n) is 3.07. The zero-order chi connectivity index (χ0) is 17.1. The highest BCUT2D eigenvalue weighted by Crippen LogP contribution is 2.22. The summed E-state index contributed by atoms with van der Waals surface area (Å²) in [5, 5.41) is 10.7. The van der Waals surface area contributed by atoms with Crippen LogP contribution in [0, 0.1) is 17.0 Å². The van der Waals surface area contributed by atoms with Crippen molar-refractivity contribution in [2.45, 2.75) is 25.9 Å². The largest absolute Gasteiger partial charge is 0.355 e. The molecule has 1 unspecified atom stereocenters. The Balaban J connectivity index is 1.60. The lowest BCUT2D eigenvalue weighted by Crippen LogP contribution is -2.35. The number of non-ortho nitro benzene ring substituents is 1. The molecular weight excluding hydrogens is 306 g/mol. The normalized spacial score (nSPS) is 17.8. The van der Waals surface area contributed by atoms with Gasteiger partial charge in [-0.15, -0.1) is 0 Å². The first-order chi connectivity index (χ1) is 11.5. The molecule has 7 heteroatoms. The van der Waals surface area contributed by atoms with E-state index in [-0.39, 0.29) is 10.6 Å². The SMILES string of the molecule is Cc1cc(N(C)C2CCN(Cc3ccc([N+](=O)[O-])cc3)C2)ncn1. The number of likely N-dealkylation sites (N-methyl/N-ethyl adjacent to an activating group) is 1. The molecule has 126 valence electrons. The third-order valence-electron chi connectivity index (χ3n) is 4.50. The number of aromatic nitrogens is 2. The third-order valence-corrected chi connectivity index (χ3v) is 4.50. The second-order valence-electron chi connectivity index (χ2n) is 6.23.